The van der Waals surface area contributed by atoms with Gasteiger partial charge in [-0.2, -0.15) is 0 Å². The van der Waals surface area contributed by atoms with Gasteiger partial charge in [0.1, 0.15) is 10.0 Å². The monoisotopic (exact) mass is 522 g/mol. The molecule has 33 heavy (non-hydrogen) atoms. The highest BCUT2D eigenvalue weighted by Gasteiger charge is 2.13. The Kier molecular flexibility index (Phi) is 4.37. The molecule has 156 valence electrons. The van der Waals surface area contributed by atoms with Gasteiger partial charge in [0.2, 0.25) is 0 Å². The number of hydrogen-bond acceptors (Lipinski definition) is 4. The number of fused-ring (bicyclic) bond motifs is 4. The van der Waals surface area contributed by atoms with Crippen molar-refractivity contribution in [3.63, 3.8) is 0 Å². The molecule has 7 aromatic rings. The fourth-order valence-corrected chi connectivity index (χ4v) is 6.77. The van der Waals surface area contributed by atoms with Crippen molar-refractivity contribution in [3.05, 3.63) is 95.5 Å². The first-order valence-corrected chi connectivity index (χ1v) is 13.0. The smallest absolute Gasteiger partial charge is 0.124 e. The number of thiazole rings is 2. The van der Waals surface area contributed by atoms with Crippen LogP contribution in [0.3, 0.4) is 0 Å². The minimum absolute atomic E-state index is 1.02. The van der Waals surface area contributed by atoms with E-state index in [4.69, 9.17) is 9.97 Å². The summed E-state index contributed by atoms with van der Waals surface area (Å²) in [6.45, 7) is 0. The van der Waals surface area contributed by atoms with Crippen LogP contribution < -0.4 is 0 Å². The molecule has 0 radical (unpaired) electrons. The maximum Gasteiger partial charge on any atom is 0.124 e. The molecule has 5 heteroatoms. The first kappa shape index (κ1) is 19.4. The van der Waals surface area contributed by atoms with Crippen molar-refractivity contribution in [2.45, 2.75) is 0 Å². The molecule has 0 aliphatic rings. The standard InChI is InChI=1S/C28H15BrN2S2/c29-22-10-20(27-30-23-12-16-5-1-3-7-18(16)14-25(23)32-27)9-21(11-22)28-31-24-13-17-6-2-4-8-19(17)15-26(24)33-28/h1-15H. The number of nitrogens with zero attached hydrogens (tertiary/aromatic N) is 2. The summed E-state index contributed by atoms with van der Waals surface area (Å²) in [7, 11) is 0. The SMILES string of the molecule is Brc1cc(-c2nc3cc4ccccc4cc3s2)cc(-c2nc3cc4ccccc4cc3s2)c1. The van der Waals surface area contributed by atoms with Crippen molar-refractivity contribution in [2.75, 3.05) is 0 Å². The van der Waals surface area contributed by atoms with E-state index in [2.05, 4.69) is 107 Å². The van der Waals surface area contributed by atoms with Crippen LogP contribution >= 0.6 is 38.6 Å². The van der Waals surface area contributed by atoms with Crippen molar-refractivity contribution in [1.82, 2.24) is 9.97 Å². The van der Waals surface area contributed by atoms with E-state index in [1.54, 1.807) is 22.7 Å². The fourth-order valence-electron chi connectivity index (χ4n) is 4.31. The molecule has 7 rings (SSSR count). The molecule has 0 atom stereocenters. The summed E-state index contributed by atoms with van der Waals surface area (Å²) in [5.41, 5.74) is 4.30. The zero-order valence-corrected chi connectivity index (χ0v) is 20.5. The van der Waals surface area contributed by atoms with Gasteiger partial charge in [-0.25, -0.2) is 9.97 Å². The normalized spacial score (nSPS) is 11.8. The van der Waals surface area contributed by atoms with E-state index in [1.165, 1.54) is 30.9 Å². The molecule has 0 spiro atoms. The second kappa shape index (κ2) is 7.45. The molecule has 0 aliphatic heterocycles. The van der Waals surface area contributed by atoms with Gasteiger partial charge in [-0.05, 0) is 64.0 Å². The van der Waals surface area contributed by atoms with Crippen LogP contribution in [0.15, 0.2) is 95.5 Å². The number of hydrogen-bond donors (Lipinski definition) is 0. The third-order valence-corrected chi connectivity index (χ3v) is 8.50. The number of rotatable bonds is 2. The summed E-state index contributed by atoms with van der Waals surface area (Å²) in [4.78, 5) is 9.94. The van der Waals surface area contributed by atoms with Crippen LogP contribution in [0.2, 0.25) is 0 Å². The molecule has 0 N–H and O–H groups in total. The highest BCUT2D eigenvalue weighted by atomic mass is 79.9. The first-order chi connectivity index (χ1) is 16.2. The maximum atomic E-state index is 4.97. The molecular formula is C28H15BrN2S2. The van der Waals surface area contributed by atoms with Crippen molar-refractivity contribution >= 4 is 80.6 Å². The van der Waals surface area contributed by atoms with E-state index in [-0.39, 0.29) is 0 Å². The fraction of sp³-hybridized carbons (Fsp3) is 0. The van der Waals surface area contributed by atoms with Crippen molar-refractivity contribution in [2.24, 2.45) is 0 Å². The molecule has 2 heterocycles. The van der Waals surface area contributed by atoms with Gasteiger partial charge in [0.25, 0.3) is 0 Å². The molecule has 0 bridgehead atoms. The van der Waals surface area contributed by atoms with E-state index < -0.39 is 0 Å². The van der Waals surface area contributed by atoms with Gasteiger partial charge in [0, 0.05) is 15.6 Å². The van der Waals surface area contributed by atoms with Crippen LogP contribution in [0.25, 0.3) is 63.1 Å². The minimum Gasteiger partial charge on any atom is -0.236 e. The second-order valence-electron chi connectivity index (χ2n) is 8.10. The Morgan fingerprint density at radius 3 is 1.39 bits per heavy atom. The Morgan fingerprint density at radius 1 is 0.515 bits per heavy atom. The van der Waals surface area contributed by atoms with Gasteiger partial charge in [-0.3, -0.25) is 0 Å². The Labute approximate surface area is 206 Å². The molecule has 0 saturated heterocycles. The maximum absolute atomic E-state index is 4.97. The van der Waals surface area contributed by atoms with Gasteiger partial charge in [-0.15, -0.1) is 22.7 Å². The predicted molar refractivity (Wildman–Crippen MR) is 146 cm³/mol. The summed E-state index contributed by atoms with van der Waals surface area (Å²) in [6.07, 6.45) is 0. The lowest BCUT2D eigenvalue weighted by atomic mass is 10.1. The molecule has 5 aromatic carbocycles. The molecule has 0 unspecified atom stereocenters. The lowest BCUT2D eigenvalue weighted by molar-refractivity contribution is 1.45. The largest absolute Gasteiger partial charge is 0.236 e. The van der Waals surface area contributed by atoms with Crippen molar-refractivity contribution in [1.29, 1.82) is 0 Å². The van der Waals surface area contributed by atoms with E-state index in [0.29, 0.717) is 0 Å². The third-order valence-electron chi connectivity index (χ3n) is 5.90. The molecule has 2 aromatic heterocycles. The summed E-state index contributed by atoms with van der Waals surface area (Å²) in [5.74, 6) is 0. The van der Waals surface area contributed by atoms with Crippen molar-refractivity contribution in [3.8, 4) is 21.1 Å². The number of halogens is 1. The van der Waals surface area contributed by atoms with Gasteiger partial charge in [0.15, 0.2) is 0 Å². The summed E-state index contributed by atoms with van der Waals surface area (Å²) < 4.78 is 3.44. The first-order valence-electron chi connectivity index (χ1n) is 10.6. The Balaban J connectivity index is 1.36. The van der Waals surface area contributed by atoms with Crippen LogP contribution in [0.5, 0.6) is 0 Å². The average Bonchev–Trinajstić information content (AvgIpc) is 3.44. The van der Waals surface area contributed by atoms with E-state index in [9.17, 15) is 0 Å². The molecule has 0 saturated carbocycles. The molecule has 0 amide bonds. The lowest BCUT2D eigenvalue weighted by Gasteiger charge is -2.02. The van der Waals surface area contributed by atoms with Crippen LogP contribution in [-0.2, 0) is 0 Å². The Bertz CT molecular complexity index is 1610. The quantitative estimate of drug-likeness (QED) is 0.226. The van der Waals surface area contributed by atoms with E-state index in [1.807, 2.05) is 0 Å². The van der Waals surface area contributed by atoms with Crippen LogP contribution in [-0.4, -0.2) is 9.97 Å². The van der Waals surface area contributed by atoms with Gasteiger partial charge >= 0.3 is 0 Å². The Hall–Kier alpha value is -3.12. The van der Waals surface area contributed by atoms with Gasteiger partial charge < -0.3 is 0 Å². The molecule has 0 fully saturated rings. The predicted octanol–water partition coefficient (Wildman–Crippen LogP) is 9.31. The third kappa shape index (κ3) is 3.35. The highest BCUT2D eigenvalue weighted by Crippen LogP contribution is 2.38. The zero-order valence-electron chi connectivity index (χ0n) is 17.2. The van der Waals surface area contributed by atoms with Gasteiger partial charge in [0.05, 0.1) is 20.4 Å². The number of benzene rings is 5. The van der Waals surface area contributed by atoms with E-state index in [0.717, 1.165) is 36.6 Å². The van der Waals surface area contributed by atoms with Gasteiger partial charge in [-0.1, -0.05) is 64.5 Å². The summed E-state index contributed by atoms with van der Waals surface area (Å²) in [6, 6.07) is 32.2. The number of aromatic nitrogens is 2. The highest BCUT2D eigenvalue weighted by molar-refractivity contribution is 9.10. The minimum atomic E-state index is 1.02. The topological polar surface area (TPSA) is 25.8 Å². The van der Waals surface area contributed by atoms with E-state index >= 15 is 0 Å². The van der Waals surface area contributed by atoms with Crippen LogP contribution in [0, 0.1) is 0 Å². The van der Waals surface area contributed by atoms with Crippen molar-refractivity contribution < 1.29 is 0 Å². The molecule has 2 nitrogen and oxygen atoms in total. The second-order valence-corrected chi connectivity index (χ2v) is 11.1. The summed E-state index contributed by atoms with van der Waals surface area (Å²) >= 11 is 7.19. The Morgan fingerprint density at radius 2 is 0.939 bits per heavy atom. The average molecular weight is 523 g/mol. The zero-order chi connectivity index (χ0) is 21.9. The van der Waals surface area contributed by atoms with Crippen LogP contribution in [0.4, 0.5) is 0 Å². The summed E-state index contributed by atoms with van der Waals surface area (Å²) in [5, 5.41) is 6.98. The lowest BCUT2D eigenvalue weighted by Crippen LogP contribution is -1.82. The molecular weight excluding hydrogens is 508 g/mol. The molecule has 0 aliphatic carbocycles. The van der Waals surface area contributed by atoms with Crippen LogP contribution in [0.1, 0.15) is 0 Å².